The highest BCUT2D eigenvalue weighted by Crippen LogP contribution is 1.99. The number of esters is 1. The van der Waals surface area contributed by atoms with Gasteiger partial charge in [0.1, 0.15) is 0 Å². The number of rotatable bonds is 8. The first-order valence-electron chi connectivity index (χ1n) is 7.66. The van der Waals surface area contributed by atoms with Gasteiger partial charge in [-0.1, -0.05) is 30.3 Å². The van der Waals surface area contributed by atoms with Crippen LogP contribution in [0.15, 0.2) is 48.8 Å². The molecular formula is C17H18N4O4. The first kappa shape index (κ1) is 18.1. The van der Waals surface area contributed by atoms with Gasteiger partial charge in [-0.05, 0) is 11.6 Å². The Balaban J connectivity index is 1.60. The molecule has 1 aromatic heterocycles. The Morgan fingerprint density at radius 1 is 0.960 bits per heavy atom. The third kappa shape index (κ3) is 7.21. The third-order valence-corrected chi connectivity index (χ3v) is 3.03. The van der Waals surface area contributed by atoms with Crippen LogP contribution in [0.5, 0.6) is 0 Å². The van der Waals surface area contributed by atoms with Crippen molar-refractivity contribution in [3.05, 3.63) is 54.4 Å². The number of nitrogens with one attached hydrogen (secondary N) is 2. The van der Waals surface area contributed by atoms with Crippen molar-refractivity contribution in [3.8, 4) is 0 Å². The molecule has 2 N–H and O–H groups in total. The van der Waals surface area contributed by atoms with Crippen LogP contribution in [0.3, 0.4) is 0 Å². The number of aromatic nitrogens is 2. The van der Waals surface area contributed by atoms with E-state index in [1.807, 2.05) is 6.07 Å². The molecule has 0 fully saturated rings. The minimum atomic E-state index is -0.659. The van der Waals surface area contributed by atoms with E-state index < -0.39 is 24.4 Å². The summed E-state index contributed by atoms with van der Waals surface area (Å²) in [5, 5.41) is 5.02. The summed E-state index contributed by atoms with van der Waals surface area (Å²) in [5.41, 5.74) is 0.791. The number of imide groups is 1. The Kier molecular flexibility index (Phi) is 7.05. The summed E-state index contributed by atoms with van der Waals surface area (Å²) in [7, 11) is 0. The van der Waals surface area contributed by atoms with Crippen LogP contribution in [0, 0.1) is 0 Å². The van der Waals surface area contributed by atoms with Crippen molar-refractivity contribution in [1.29, 1.82) is 0 Å². The largest absolute Gasteiger partial charge is 0.456 e. The third-order valence-electron chi connectivity index (χ3n) is 3.03. The summed E-state index contributed by atoms with van der Waals surface area (Å²) in [6.07, 6.45) is 3.28. The summed E-state index contributed by atoms with van der Waals surface area (Å²) in [6.45, 7) is -0.224. The Labute approximate surface area is 144 Å². The van der Waals surface area contributed by atoms with Crippen molar-refractivity contribution < 1.29 is 19.1 Å². The summed E-state index contributed by atoms with van der Waals surface area (Å²) < 4.78 is 4.81. The summed E-state index contributed by atoms with van der Waals surface area (Å²) in [4.78, 5) is 42.7. The van der Waals surface area contributed by atoms with Gasteiger partial charge in [-0.25, -0.2) is 9.97 Å². The van der Waals surface area contributed by atoms with Gasteiger partial charge in [-0.2, -0.15) is 0 Å². The van der Waals surface area contributed by atoms with Gasteiger partial charge in [0, 0.05) is 18.9 Å². The molecule has 0 saturated carbocycles. The molecule has 0 radical (unpaired) electrons. The van der Waals surface area contributed by atoms with Crippen molar-refractivity contribution >= 4 is 23.7 Å². The van der Waals surface area contributed by atoms with E-state index in [1.165, 1.54) is 0 Å². The zero-order valence-corrected chi connectivity index (χ0v) is 13.5. The van der Waals surface area contributed by atoms with Gasteiger partial charge in [-0.15, -0.1) is 0 Å². The first-order valence-corrected chi connectivity index (χ1v) is 7.66. The smallest absolute Gasteiger partial charge is 0.308 e. The molecule has 8 nitrogen and oxygen atoms in total. The molecule has 1 heterocycles. The number of anilines is 1. The molecule has 0 aliphatic carbocycles. The molecule has 0 bridgehead atoms. The van der Waals surface area contributed by atoms with Crippen LogP contribution in [0.2, 0.25) is 0 Å². The van der Waals surface area contributed by atoms with Crippen molar-refractivity contribution in [2.24, 2.45) is 0 Å². The highest BCUT2D eigenvalue weighted by atomic mass is 16.5. The van der Waals surface area contributed by atoms with Gasteiger partial charge in [0.2, 0.25) is 11.9 Å². The van der Waals surface area contributed by atoms with E-state index in [9.17, 15) is 14.4 Å². The van der Waals surface area contributed by atoms with Crippen LogP contribution in [-0.4, -0.2) is 40.9 Å². The maximum Gasteiger partial charge on any atom is 0.308 e. The topological polar surface area (TPSA) is 110 Å². The van der Waals surface area contributed by atoms with E-state index in [0.717, 1.165) is 5.56 Å². The normalized spacial score (nSPS) is 9.92. The number of hydrogen-bond donors (Lipinski definition) is 2. The average Bonchev–Trinajstić information content (AvgIpc) is 2.61. The Morgan fingerprint density at radius 2 is 1.68 bits per heavy atom. The molecule has 8 heteroatoms. The molecule has 0 unspecified atom stereocenters. The minimum Gasteiger partial charge on any atom is -0.456 e. The highest BCUT2D eigenvalue weighted by molar-refractivity contribution is 5.97. The first-order chi connectivity index (χ1) is 12.1. The number of ether oxygens (including phenoxy) is 1. The number of benzene rings is 1. The zero-order chi connectivity index (χ0) is 17.9. The number of carbonyl (C=O) groups excluding carboxylic acids is 3. The van der Waals surface area contributed by atoms with E-state index in [1.54, 1.807) is 42.7 Å². The van der Waals surface area contributed by atoms with Gasteiger partial charge in [0.25, 0.3) is 5.91 Å². The molecule has 2 amide bonds. The predicted octanol–water partition coefficient (Wildman–Crippen LogP) is 0.707. The minimum absolute atomic E-state index is 0.0451. The number of hydrogen-bond acceptors (Lipinski definition) is 7. The van der Waals surface area contributed by atoms with Crippen molar-refractivity contribution in [1.82, 2.24) is 15.3 Å². The second-order valence-electron chi connectivity index (χ2n) is 5.04. The van der Waals surface area contributed by atoms with E-state index in [-0.39, 0.29) is 19.4 Å². The zero-order valence-electron chi connectivity index (χ0n) is 13.5. The lowest BCUT2D eigenvalue weighted by molar-refractivity contribution is -0.149. The maximum atomic E-state index is 11.7. The molecule has 0 atom stereocenters. The van der Waals surface area contributed by atoms with Crippen LogP contribution in [0.1, 0.15) is 12.0 Å². The summed E-state index contributed by atoms with van der Waals surface area (Å²) >= 11 is 0. The molecule has 2 rings (SSSR count). The van der Waals surface area contributed by atoms with Crippen molar-refractivity contribution in [2.45, 2.75) is 12.8 Å². The lowest BCUT2D eigenvalue weighted by Gasteiger charge is -2.07. The lowest BCUT2D eigenvalue weighted by atomic mass is 10.1. The van der Waals surface area contributed by atoms with E-state index in [2.05, 4.69) is 20.6 Å². The quantitative estimate of drug-likeness (QED) is 0.680. The molecule has 0 spiro atoms. The van der Waals surface area contributed by atoms with Gasteiger partial charge in [0.05, 0.1) is 12.8 Å². The van der Waals surface area contributed by atoms with Crippen LogP contribution in [0.25, 0.3) is 0 Å². The van der Waals surface area contributed by atoms with Crippen LogP contribution in [0.4, 0.5) is 5.95 Å². The fourth-order valence-electron chi connectivity index (χ4n) is 1.90. The Morgan fingerprint density at radius 3 is 2.40 bits per heavy atom. The standard InChI is InChI=1S/C17H18N4O4/c22-14(11-13-5-2-1-3-6-13)21-15(23)12-25-16(24)7-10-20-17-18-8-4-9-19-17/h1-6,8-9H,7,10-12H2,(H,18,19,20)(H,21,22,23). The fourth-order valence-corrected chi connectivity index (χ4v) is 1.90. The van der Waals surface area contributed by atoms with Crippen LogP contribution in [-0.2, 0) is 25.5 Å². The summed E-state index contributed by atoms with van der Waals surface area (Å²) in [6, 6.07) is 10.7. The molecule has 0 aliphatic heterocycles. The van der Waals surface area contributed by atoms with E-state index in [4.69, 9.17) is 4.74 Å². The second-order valence-corrected chi connectivity index (χ2v) is 5.04. The maximum absolute atomic E-state index is 11.7. The fraction of sp³-hybridized carbons (Fsp3) is 0.235. The van der Waals surface area contributed by atoms with Crippen LogP contribution >= 0.6 is 0 Å². The molecular weight excluding hydrogens is 324 g/mol. The van der Waals surface area contributed by atoms with Crippen molar-refractivity contribution in [3.63, 3.8) is 0 Å². The average molecular weight is 342 g/mol. The van der Waals surface area contributed by atoms with E-state index >= 15 is 0 Å². The van der Waals surface area contributed by atoms with Gasteiger partial charge < -0.3 is 10.1 Å². The summed E-state index contributed by atoms with van der Waals surface area (Å²) in [5.74, 6) is -1.27. The second kappa shape index (κ2) is 9.76. The number of nitrogens with zero attached hydrogens (tertiary/aromatic N) is 2. The van der Waals surface area contributed by atoms with Crippen LogP contribution < -0.4 is 10.6 Å². The van der Waals surface area contributed by atoms with Gasteiger partial charge >= 0.3 is 5.97 Å². The Bertz CT molecular complexity index is 707. The predicted molar refractivity (Wildman–Crippen MR) is 89.4 cm³/mol. The molecule has 2 aromatic rings. The van der Waals surface area contributed by atoms with Crippen molar-refractivity contribution in [2.75, 3.05) is 18.5 Å². The molecule has 0 aliphatic rings. The lowest BCUT2D eigenvalue weighted by Crippen LogP contribution is -2.35. The van der Waals surface area contributed by atoms with Gasteiger partial charge in [-0.3, -0.25) is 19.7 Å². The van der Waals surface area contributed by atoms with Gasteiger partial charge in [0.15, 0.2) is 6.61 Å². The molecule has 0 saturated heterocycles. The molecule has 25 heavy (non-hydrogen) atoms. The number of carbonyl (C=O) groups is 3. The Hall–Kier alpha value is -3.29. The monoisotopic (exact) mass is 342 g/mol. The molecule has 1 aromatic carbocycles. The van der Waals surface area contributed by atoms with E-state index in [0.29, 0.717) is 5.95 Å². The molecule has 130 valence electrons. The SMILES string of the molecule is O=C(COC(=O)CCNc1ncccn1)NC(=O)Cc1ccccc1. The number of amides is 2. The highest BCUT2D eigenvalue weighted by Gasteiger charge is 2.11.